The second kappa shape index (κ2) is 6.08. The van der Waals surface area contributed by atoms with Gasteiger partial charge in [-0.1, -0.05) is 41.9 Å². The van der Waals surface area contributed by atoms with E-state index < -0.39 is 10.0 Å². The Morgan fingerprint density at radius 2 is 1.86 bits per heavy atom. The van der Waals surface area contributed by atoms with Crippen LogP contribution in [-0.2, 0) is 22.3 Å². The quantitative estimate of drug-likeness (QED) is 0.779. The molecule has 0 amide bonds. The maximum Gasteiger partial charge on any atom is 0.216 e. The molecule has 3 rings (SSSR count). The van der Waals surface area contributed by atoms with Crippen LogP contribution in [0.4, 0.5) is 0 Å². The smallest absolute Gasteiger partial charge is 0.216 e. The van der Waals surface area contributed by atoms with Gasteiger partial charge in [-0.05, 0) is 17.7 Å². The van der Waals surface area contributed by atoms with Crippen molar-refractivity contribution in [2.75, 3.05) is 0 Å². The van der Waals surface area contributed by atoms with Crippen molar-refractivity contribution >= 4 is 27.3 Å². The first kappa shape index (κ1) is 15.0. The number of hydrogen-bond acceptors (Lipinski definition) is 3. The third-order valence-corrected chi connectivity index (χ3v) is 4.66. The van der Waals surface area contributed by atoms with E-state index in [0.717, 1.165) is 11.2 Å². The van der Waals surface area contributed by atoms with Crippen molar-refractivity contribution in [2.24, 2.45) is 0 Å². The lowest BCUT2D eigenvalue weighted by Crippen LogP contribution is -2.24. The van der Waals surface area contributed by atoms with E-state index in [1.54, 1.807) is 41.1 Å². The Morgan fingerprint density at radius 3 is 2.64 bits per heavy atom. The van der Waals surface area contributed by atoms with Crippen LogP contribution in [0.5, 0.6) is 0 Å². The summed E-state index contributed by atoms with van der Waals surface area (Å²) >= 11 is 5.91. The van der Waals surface area contributed by atoms with Crippen LogP contribution in [0.15, 0.2) is 54.9 Å². The summed E-state index contributed by atoms with van der Waals surface area (Å²) < 4.78 is 28.5. The molecule has 0 saturated carbocycles. The molecular weight excluding hydrogens is 322 g/mol. The molecule has 7 heteroatoms. The normalized spacial score (nSPS) is 11.9. The topological polar surface area (TPSA) is 63.5 Å². The number of fused-ring (bicyclic) bond motifs is 1. The monoisotopic (exact) mass is 335 g/mol. The fourth-order valence-electron chi connectivity index (χ4n) is 2.13. The van der Waals surface area contributed by atoms with Gasteiger partial charge in [-0.25, -0.2) is 18.1 Å². The zero-order valence-corrected chi connectivity index (χ0v) is 13.2. The predicted octanol–water partition coefficient (Wildman–Crippen LogP) is 2.61. The summed E-state index contributed by atoms with van der Waals surface area (Å²) in [5.41, 5.74) is 2.11. The Kier molecular flexibility index (Phi) is 4.15. The molecule has 2 aromatic heterocycles. The first-order valence-corrected chi connectivity index (χ1v) is 8.69. The summed E-state index contributed by atoms with van der Waals surface area (Å²) in [5, 5.41) is 0.598. The van der Waals surface area contributed by atoms with Crippen LogP contribution in [0.3, 0.4) is 0 Å². The Hall–Kier alpha value is -1.89. The second-order valence-electron chi connectivity index (χ2n) is 4.91. The van der Waals surface area contributed by atoms with Gasteiger partial charge < -0.3 is 4.40 Å². The van der Waals surface area contributed by atoms with E-state index in [2.05, 4.69) is 9.71 Å². The van der Waals surface area contributed by atoms with Crippen molar-refractivity contribution in [2.45, 2.75) is 12.3 Å². The highest BCUT2D eigenvalue weighted by Crippen LogP contribution is 2.12. The van der Waals surface area contributed by atoms with E-state index in [1.807, 2.05) is 18.2 Å². The van der Waals surface area contributed by atoms with Crippen LogP contribution in [0.2, 0.25) is 5.02 Å². The number of halogens is 1. The van der Waals surface area contributed by atoms with E-state index in [-0.39, 0.29) is 12.3 Å². The molecule has 1 aromatic carbocycles. The van der Waals surface area contributed by atoms with Crippen LogP contribution in [0.1, 0.15) is 11.3 Å². The summed E-state index contributed by atoms with van der Waals surface area (Å²) in [7, 11) is -3.40. The number of imidazole rings is 1. The van der Waals surface area contributed by atoms with Gasteiger partial charge in [-0.15, -0.1) is 0 Å². The molecule has 114 valence electrons. The lowest BCUT2D eigenvalue weighted by Gasteiger charge is -2.05. The molecule has 0 aliphatic rings. The zero-order chi connectivity index (χ0) is 15.6. The van der Waals surface area contributed by atoms with Gasteiger partial charge in [0.25, 0.3) is 0 Å². The van der Waals surface area contributed by atoms with E-state index in [9.17, 15) is 8.42 Å². The van der Waals surface area contributed by atoms with Crippen LogP contribution in [0, 0.1) is 0 Å². The number of rotatable bonds is 5. The van der Waals surface area contributed by atoms with Gasteiger partial charge in [-0.2, -0.15) is 0 Å². The van der Waals surface area contributed by atoms with Crippen LogP contribution in [0.25, 0.3) is 5.65 Å². The molecule has 22 heavy (non-hydrogen) atoms. The number of sulfonamides is 1. The SMILES string of the molecule is O=S(=O)(Cc1ccccc1)NCc1cn2cc(Cl)ccc2n1. The molecule has 0 bridgehead atoms. The standard InChI is InChI=1S/C15H14ClN3O2S/c16-13-6-7-15-18-14(10-19(15)9-13)8-17-22(20,21)11-12-4-2-1-3-5-12/h1-7,9-10,17H,8,11H2. The Morgan fingerprint density at radius 1 is 1.09 bits per heavy atom. The largest absolute Gasteiger partial charge is 0.305 e. The van der Waals surface area contributed by atoms with Gasteiger partial charge in [0.2, 0.25) is 10.0 Å². The molecule has 0 unspecified atom stereocenters. The van der Waals surface area contributed by atoms with Gasteiger partial charge in [-0.3, -0.25) is 0 Å². The summed E-state index contributed by atoms with van der Waals surface area (Å²) in [6.45, 7) is 0.147. The Labute approximate surface area is 133 Å². The van der Waals surface area contributed by atoms with E-state index in [0.29, 0.717) is 10.7 Å². The summed E-state index contributed by atoms with van der Waals surface area (Å²) in [5.74, 6) is -0.0486. The maximum absolute atomic E-state index is 12.1. The minimum atomic E-state index is -3.40. The van der Waals surface area contributed by atoms with Crippen LogP contribution in [-0.4, -0.2) is 17.8 Å². The molecule has 0 saturated heterocycles. The molecule has 0 fully saturated rings. The zero-order valence-electron chi connectivity index (χ0n) is 11.6. The maximum atomic E-state index is 12.1. The van der Waals surface area contributed by atoms with Crippen molar-refractivity contribution in [1.29, 1.82) is 0 Å². The summed E-state index contributed by atoms with van der Waals surface area (Å²) in [6, 6.07) is 12.6. The molecule has 3 aromatic rings. The van der Waals surface area contributed by atoms with Crippen molar-refractivity contribution in [1.82, 2.24) is 14.1 Å². The van der Waals surface area contributed by atoms with Crippen LogP contribution < -0.4 is 4.72 Å². The molecular formula is C15H14ClN3O2S. The highest BCUT2D eigenvalue weighted by atomic mass is 35.5. The number of hydrogen-bond donors (Lipinski definition) is 1. The molecule has 0 spiro atoms. The summed E-state index contributed by atoms with van der Waals surface area (Å²) in [4.78, 5) is 4.34. The molecule has 0 radical (unpaired) electrons. The third kappa shape index (κ3) is 3.65. The molecule has 0 atom stereocenters. The molecule has 5 nitrogen and oxygen atoms in total. The lowest BCUT2D eigenvalue weighted by atomic mass is 10.2. The number of benzene rings is 1. The fraction of sp³-hybridized carbons (Fsp3) is 0.133. The van der Waals surface area contributed by atoms with Gasteiger partial charge in [0.05, 0.1) is 23.0 Å². The van der Waals surface area contributed by atoms with Gasteiger partial charge in [0.1, 0.15) is 5.65 Å². The number of pyridine rings is 1. The van der Waals surface area contributed by atoms with E-state index in [1.165, 1.54) is 0 Å². The van der Waals surface area contributed by atoms with E-state index in [4.69, 9.17) is 11.6 Å². The van der Waals surface area contributed by atoms with E-state index >= 15 is 0 Å². The Balaban J connectivity index is 1.70. The molecule has 1 N–H and O–H groups in total. The predicted molar refractivity (Wildman–Crippen MR) is 86.1 cm³/mol. The Bertz CT molecular complexity index is 892. The van der Waals surface area contributed by atoms with Crippen molar-refractivity contribution < 1.29 is 8.42 Å². The molecule has 0 aliphatic carbocycles. The minimum absolute atomic E-state index is 0.0486. The van der Waals surface area contributed by atoms with Crippen molar-refractivity contribution in [3.05, 3.63) is 71.1 Å². The highest BCUT2D eigenvalue weighted by Gasteiger charge is 2.12. The third-order valence-electron chi connectivity index (χ3n) is 3.14. The molecule has 0 aliphatic heterocycles. The first-order valence-electron chi connectivity index (χ1n) is 6.66. The molecule has 2 heterocycles. The average Bonchev–Trinajstić information content (AvgIpc) is 2.88. The van der Waals surface area contributed by atoms with Gasteiger partial charge in [0, 0.05) is 12.4 Å². The van der Waals surface area contributed by atoms with Gasteiger partial charge >= 0.3 is 0 Å². The fourth-order valence-corrected chi connectivity index (χ4v) is 3.40. The number of nitrogens with one attached hydrogen (secondary N) is 1. The average molecular weight is 336 g/mol. The van der Waals surface area contributed by atoms with Gasteiger partial charge in [0.15, 0.2) is 0 Å². The van der Waals surface area contributed by atoms with Crippen molar-refractivity contribution in [3.63, 3.8) is 0 Å². The van der Waals surface area contributed by atoms with Crippen LogP contribution >= 0.6 is 11.6 Å². The lowest BCUT2D eigenvalue weighted by molar-refractivity contribution is 0.579. The highest BCUT2D eigenvalue weighted by molar-refractivity contribution is 7.88. The van der Waals surface area contributed by atoms with Crippen molar-refractivity contribution in [3.8, 4) is 0 Å². The number of aromatic nitrogens is 2. The first-order chi connectivity index (χ1) is 10.5. The summed E-state index contributed by atoms with van der Waals surface area (Å²) in [6.07, 6.45) is 3.48. The minimum Gasteiger partial charge on any atom is -0.305 e. The number of nitrogens with zero attached hydrogens (tertiary/aromatic N) is 2. The second-order valence-corrected chi connectivity index (χ2v) is 7.15.